The minimum absolute atomic E-state index is 0.112. The summed E-state index contributed by atoms with van der Waals surface area (Å²) < 4.78 is 10.8. The Hall–Kier alpha value is -3.16. The molecule has 2 fully saturated rings. The monoisotopic (exact) mass is 436 g/mol. The van der Waals surface area contributed by atoms with E-state index in [2.05, 4.69) is 4.90 Å². The molecule has 0 aromatic heterocycles. The van der Waals surface area contributed by atoms with E-state index in [9.17, 15) is 14.7 Å². The van der Waals surface area contributed by atoms with Gasteiger partial charge in [0, 0.05) is 31.7 Å². The Morgan fingerprint density at radius 3 is 2.53 bits per heavy atom. The van der Waals surface area contributed by atoms with E-state index >= 15 is 0 Å². The van der Waals surface area contributed by atoms with Crippen molar-refractivity contribution in [1.82, 2.24) is 9.80 Å². The normalized spacial score (nSPS) is 21.2. The first kappa shape index (κ1) is 22.0. The molecule has 1 unspecified atom stereocenters. The van der Waals surface area contributed by atoms with Gasteiger partial charge < -0.3 is 19.5 Å². The highest BCUT2D eigenvalue weighted by Gasteiger charge is 2.45. The molecule has 2 aliphatic rings. The molecular weight excluding hydrogens is 408 g/mol. The minimum Gasteiger partial charge on any atom is -0.507 e. The van der Waals surface area contributed by atoms with E-state index in [0.717, 1.165) is 31.6 Å². The zero-order valence-electron chi connectivity index (χ0n) is 18.2. The van der Waals surface area contributed by atoms with Crippen LogP contribution in [0.25, 0.3) is 5.76 Å². The highest BCUT2D eigenvalue weighted by atomic mass is 16.5. The van der Waals surface area contributed by atoms with Crippen molar-refractivity contribution in [3.63, 3.8) is 0 Å². The Labute approximate surface area is 187 Å². The largest absolute Gasteiger partial charge is 0.507 e. The molecule has 32 heavy (non-hydrogen) atoms. The predicted molar refractivity (Wildman–Crippen MR) is 120 cm³/mol. The van der Waals surface area contributed by atoms with Crippen LogP contribution in [0.1, 0.15) is 23.6 Å². The fourth-order valence-electron chi connectivity index (χ4n) is 4.31. The zero-order chi connectivity index (χ0) is 22.5. The topological polar surface area (TPSA) is 79.3 Å². The molecule has 0 saturated carbocycles. The summed E-state index contributed by atoms with van der Waals surface area (Å²) >= 11 is 0. The third kappa shape index (κ3) is 4.54. The highest BCUT2D eigenvalue weighted by Crippen LogP contribution is 2.40. The molecule has 1 atom stereocenters. The fourth-order valence-corrected chi connectivity index (χ4v) is 4.31. The van der Waals surface area contributed by atoms with Crippen LogP contribution in [-0.4, -0.2) is 73.1 Å². The van der Waals surface area contributed by atoms with Crippen molar-refractivity contribution in [2.45, 2.75) is 12.5 Å². The van der Waals surface area contributed by atoms with Crippen LogP contribution < -0.4 is 4.74 Å². The summed E-state index contributed by atoms with van der Waals surface area (Å²) in [4.78, 5) is 30.0. The maximum Gasteiger partial charge on any atom is 0.295 e. The number of benzene rings is 2. The van der Waals surface area contributed by atoms with Crippen LogP contribution in [0.3, 0.4) is 0 Å². The van der Waals surface area contributed by atoms with Gasteiger partial charge in [-0.2, -0.15) is 0 Å². The lowest BCUT2D eigenvalue weighted by Crippen LogP contribution is -2.38. The Morgan fingerprint density at radius 2 is 1.81 bits per heavy atom. The summed E-state index contributed by atoms with van der Waals surface area (Å²) in [7, 11) is 1.57. The van der Waals surface area contributed by atoms with Crippen LogP contribution >= 0.6 is 0 Å². The summed E-state index contributed by atoms with van der Waals surface area (Å²) in [6, 6.07) is 15.5. The van der Waals surface area contributed by atoms with Gasteiger partial charge in [-0.1, -0.05) is 42.5 Å². The van der Waals surface area contributed by atoms with Crippen LogP contribution in [0.2, 0.25) is 0 Å². The van der Waals surface area contributed by atoms with Crippen molar-refractivity contribution in [2.75, 3.05) is 46.5 Å². The lowest BCUT2D eigenvalue weighted by atomic mass is 9.95. The number of rotatable bonds is 7. The number of morpholine rings is 1. The average molecular weight is 437 g/mol. The zero-order valence-corrected chi connectivity index (χ0v) is 18.2. The number of aliphatic hydroxyl groups excluding tert-OH is 1. The molecular formula is C25H28N2O5. The van der Waals surface area contributed by atoms with Crippen LogP contribution in [0, 0.1) is 0 Å². The minimum atomic E-state index is -0.671. The number of likely N-dealkylation sites (tertiary alicyclic amines) is 1. The Bertz CT molecular complexity index is 998. The second-order valence-corrected chi connectivity index (χ2v) is 7.94. The molecule has 0 aliphatic carbocycles. The first-order valence-electron chi connectivity index (χ1n) is 10.9. The molecule has 7 nitrogen and oxygen atoms in total. The van der Waals surface area contributed by atoms with E-state index in [1.807, 2.05) is 30.3 Å². The molecule has 7 heteroatoms. The summed E-state index contributed by atoms with van der Waals surface area (Å²) in [6.45, 7) is 4.39. The maximum absolute atomic E-state index is 13.1. The third-order valence-corrected chi connectivity index (χ3v) is 5.97. The quantitative estimate of drug-likeness (QED) is 0.409. The fraction of sp³-hybridized carbons (Fsp3) is 0.360. The molecule has 0 spiro atoms. The number of aliphatic hydroxyl groups is 1. The smallest absolute Gasteiger partial charge is 0.295 e. The van der Waals surface area contributed by atoms with Crippen LogP contribution in [0.15, 0.2) is 60.2 Å². The summed E-state index contributed by atoms with van der Waals surface area (Å²) in [5.74, 6) is -0.781. The molecule has 1 N–H and O–H groups in total. The Balaban J connectivity index is 1.67. The maximum atomic E-state index is 13.1. The van der Waals surface area contributed by atoms with Crippen LogP contribution in [-0.2, 0) is 14.3 Å². The molecule has 0 radical (unpaired) electrons. The summed E-state index contributed by atoms with van der Waals surface area (Å²) in [6.07, 6.45) is 0.721. The van der Waals surface area contributed by atoms with Crippen molar-refractivity contribution >= 4 is 17.4 Å². The number of ketones is 1. The number of methoxy groups -OCH3 is 1. The summed E-state index contributed by atoms with van der Waals surface area (Å²) in [5, 5.41) is 11.0. The SMILES string of the molecule is COc1cccc(C2C(=C(O)c3ccccc3)C(=O)C(=O)N2CCCN2CCOCC2)c1. The number of nitrogens with zero attached hydrogens (tertiary/aromatic N) is 2. The molecule has 1 amide bonds. The van der Waals surface area contributed by atoms with Gasteiger partial charge in [-0.15, -0.1) is 0 Å². The molecule has 4 rings (SSSR count). The van der Waals surface area contributed by atoms with Gasteiger partial charge in [0.1, 0.15) is 11.5 Å². The second kappa shape index (κ2) is 9.97. The second-order valence-electron chi connectivity index (χ2n) is 7.94. The molecule has 2 aliphatic heterocycles. The van der Waals surface area contributed by atoms with Crippen molar-refractivity contribution in [3.8, 4) is 5.75 Å². The predicted octanol–water partition coefficient (Wildman–Crippen LogP) is 2.84. The van der Waals surface area contributed by atoms with Gasteiger partial charge in [-0.05, 0) is 24.1 Å². The number of ether oxygens (including phenoxy) is 2. The van der Waals surface area contributed by atoms with E-state index in [0.29, 0.717) is 31.1 Å². The number of carbonyl (C=O) groups excluding carboxylic acids is 2. The van der Waals surface area contributed by atoms with E-state index in [1.54, 1.807) is 36.3 Å². The lowest BCUT2D eigenvalue weighted by Gasteiger charge is -2.29. The van der Waals surface area contributed by atoms with E-state index < -0.39 is 17.7 Å². The first-order chi connectivity index (χ1) is 15.6. The molecule has 2 saturated heterocycles. The first-order valence-corrected chi connectivity index (χ1v) is 10.9. The lowest BCUT2D eigenvalue weighted by molar-refractivity contribution is -0.140. The summed E-state index contributed by atoms with van der Waals surface area (Å²) in [5.41, 5.74) is 1.35. The number of amides is 1. The molecule has 2 heterocycles. The van der Waals surface area contributed by atoms with Crippen LogP contribution in [0.4, 0.5) is 0 Å². The van der Waals surface area contributed by atoms with E-state index in [1.165, 1.54) is 0 Å². The number of hydrogen-bond donors (Lipinski definition) is 1. The molecule has 168 valence electrons. The third-order valence-electron chi connectivity index (χ3n) is 5.97. The molecule has 2 aromatic rings. The van der Waals surface area contributed by atoms with Gasteiger partial charge in [0.25, 0.3) is 11.7 Å². The number of hydrogen-bond acceptors (Lipinski definition) is 6. The average Bonchev–Trinajstić information content (AvgIpc) is 3.10. The van der Waals surface area contributed by atoms with Gasteiger partial charge in [0.15, 0.2) is 0 Å². The standard InChI is InChI=1S/C25H28N2O5/c1-31-20-10-5-9-19(17-20)22-21(23(28)18-7-3-2-4-8-18)24(29)25(30)27(22)12-6-11-26-13-15-32-16-14-26/h2-5,7-10,17,22,28H,6,11-16H2,1H3. The Kier molecular flexibility index (Phi) is 6.87. The molecule has 2 aromatic carbocycles. The van der Waals surface area contributed by atoms with Crippen molar-refractivity contribution < 1.29 is 24.2 Å². The van der Waals surface area contributed by atoms with E-state index in [4.69, 9.17) is 9.47 Å². The van der Waals surface area contributed by atoms with Crippen molar-refractivity contribution in [2.24, 2.45) is 0 Å². The van der Waals surface area contributed by atoms with Gasteiger partial charge in [-0.25, -0.2) is 0 Å². The van der Waals surface area contributed by atoms with Gasteiger partial charge in [0.05, 0.1) is 31.9 Å². The molecule has 0 bridgehead atoms. The van der Waals surface area contributed by atoms with Crippen molar-refractivity contribution in [1.29, 1.82) is 0 Å². The Morgan fingerprint density at radius 1 is 1.06 bits per heavy atom. The van der Waals surface area contributed by atoms with Crippen LogP contribution in [0.5, 0.6) is 5.75 Å². The number of Topliss-reactive ketones (excluding diaryl/α,β-unsaturated/α-hetero) is 1. The van der Waals surface area contributed by atoms with Crippen molar-refractivity contribution in [3.05, 3.63) is 71.3 Å². The van der Waals surface area contributed by atoms with Gasteiger partial charge in [-0.3, -0.25) is 14.5 Å². The van der Waals surface area contributed by atoms with E-state index in [-0.39, 0.29) is 11.3 Å². The van der Waals surface area contributed by atoms with Gasteiger partial charge >= 0.3 is 0 Å². The van der Waals surface area contributed by atoms with Gasteiger partial charge in [0.2, 0.25) is 0 Å². The number of carbonyl (C=O) groups is 2. The highest BCUT2D eigenvalue weighted by molar-refractivity contribution is 6.46.